The molecule has 6 heteroatoms. The smallest absolute Gasteiger partial charge is 0.282 e. The third-order valence-corrected chi connectivity index (χ3v) is 4.56. The Bertz CT molecular complexity index is 776. The van der Waals surface area contributed by atoms with Gasteiger partial charge >= 0.3 is 0 Å². The third-order valence-electron chi connectivity index (χ3n) is 3.25. The highest BCUT2D eigenvalue weighted by Crippen LogP contribution is 2.20. The second-order valence-electron chi connectivity index (χ2n) is 5.51. The van der Waals surface area contributed by atoms with Crippen LogP contribution in [0.2, 0.25) is 0 Å². The van der Waals surface area contributed by atoms with E-state index in [1.54, 1.807) is 42.5 Å². The predicted octanol–water partition coefficient (Wildman–Crippen LogP) is 2.28. The van der Waals surface area contributed by atoms with Crippen molar-refractivity contribution in [3.05, 3.63) is 66.0 Å². The molecule has 0 fully saturated rings. The first-order valence-corrected chi connectivity index (χ1v) is 8.61. The van der Waals surface area contributed by atoms with Crippen molar-refractivity contribution in [3.63, 3.8) is 0 Å². The van der Waals surface area contributed by atoms with Crippen LogP contribution in [0.3, 0.4) is 0 Å². The number of allylic oxidation sites excluding steroid dienone is 5. The third kappa shape index (κ3) is 3.90. The molecule has 0 bridgehead atoms. The summed E-state index contributed by atoms with van der Waals surface area (Å²) in [6, 6.07) is 8.24. The van der Waals surface area contributed by atoms with Gasteiger partial charge in [0.2, 0.25) is 0 Å². The summed E-state index contributed by atoms with van der Waals surface area (Å²) in [5.74, 6) is 0.882. The van der Waals surface area contributed by atoms with Gasteiger partial charge < -0.3 is 9.80 Å². The van der Waals surface area contributed by atoms with E-state index in [1.807, 2.05) is 50.1 Å². The molecule has 0 aromatic heterocycles. The summed E-state index contributed by atoms with van der Waals surface area (Å²) in [6.07, 6.45) is 7.24. The summed E-state index contributed by atoms with van der Waals surface area (Å²) in [7, 11) is 3.91. The normalized spacial score (nSPS) is 15.8. The van der Waals surface area contributed by atoms with Gasteiger partial charge in [-0.25, -0.2) is 0 Å². The molecule has 0 N–H and O–H groups in total. The first-order chi connectivity index (χ1) is 10.8. The average molecular weight is 331 g/mol. The summed E-state index contributed by atoms with van der Waals surface area (Å²) in [5.41, 5.74) is 1.19. The molecule has 0 unspecified atom stereocenters. The molecule has 1 aromatic rings. The van der Waals surface area contributed by atoms with Crippen LogP contribution in [0.25, 0.3) is 0 Å². The van der Waals surface area contributed by atoms with Crippen molar-refractivity contribution in [1.82, 2.24) is 9.80 Å². The largest absolute Gasteiger partial charge is 0.364 e. The Labute approximate surface area is 138 Å². The lowest BCUT2D eigenvalue weighted by atomic mass is 10.1. The molecule has 2 rings (SSSR count). The predicted molar refractivity (Wildman–Crippen MR) is 93.7 cm³/mol. The van der Waals surface area contributed by atoms with Crippen LogP contribution in [0.5, 0.6) is 0 Å². The topological polar surface area (TPSA) is 53.0 Å². The Morgan fingerprint density at radius 2 is 1.48 bits per heavy atom. The van der Waals surface area contributed by atoms with E-state index in [1.165, 1.54) is 0 Å². The molecular weight excluding hydrogens is 310 g/mol. The highest BCUT2D eigenvalue weighted by molar-refractivity contribution is 7.90. The quantitative estimate of drug-likeness (QED) is 0.849. The molecule has 0 spiro atoms. The van der Waals surface area contributed by atoms with E-state index in [0.29, 0.717) is 5.71 Å². The maximum absolute atomic E-state index is 12.5. The molecule has 0 saturated carbocycles. The van der Waals surface area contributed by atoms with Gasteiger partial charge in [-0.3, -0.25) is 0 Å². The average Bonchev–Trinajstić information content (AvgIpc) is 2.49. The molecule has 1 aliphatic carbocycles. The fraction of sp³-hybridized carbons (Fsp3) is 0.235. The van der Waals surface area contributed by atoms with Gasteiger partial charge in [-0.2, -0.15) is 12.8 Å². The Morgan fingerprint density at radius 3 is 2.04 bits per heavy atom. The Balaban J connectivity index is 2.58. The van der Waals surface area contributed by atoms with Crippen LogP contribution < -0.4 is 0 Å². The van der Waals surface area contributed by atoms with Gasteiger partial charge in [0, 0.05) is 33.8 Å². The molecule has 0 heterocycles. The van der Waals surface area contributed by atoms with E-state index in [2.05, 4.69) is 4.40 Å². The lowest BCUT2D eigenvalue weighted by Crippen LogP contribution is -2.28. The van der Waals surface area contributed by atoms with Gasteiger partial charge in [0.1, 0.15) is 5.82 Å². The van der Waals surface area contributed by atoms with Crippen LogP contribution in [-0.4, -0.2) is 52.1 Å². The number of nitrogens with zero attached hydrogens (tertiary/aromatic N) is 3. The zero-order valence-corrected chi connectivity index (χ0v) is 14.6. The zero-order chi connectivity index (χ0) is 17.0. The number of hydrogen-bond donors (Lipinski definition) is 0. The minimum Gasteiger partial charge on any atom is -0.364 e. The highest BCUT2D eigenvalue weighted by Gasteiger charge is 2.19. The summed E-state index contributed by atoms with van der Waals surface area (Å²) >= 11 is 0. The maximum atomic E-state index is 12.5. The van der Waals surface area contributed by atoms with Gasteiger partial charge in [0.15, 0.2) is 0 Å². The van der Waals surface area contributed by atoms with Crippen molar-refractivity contribution in [3.8, 4) is 0 Å². The molecule has 0 atom stereocenters. The summed E-state index contributed by atoms with van der Waals surface area (Å²) in [5, 5.41) is 0. The van der Waals surface area contributed by atoms with Crippen molar-refractivity contribution in [2.45, 2.75) is 4.90 Å². The van der Waals surface area contributed by atoms with E-state index in [4.69, 9.17) is 0 Å². The fourth-order valence-corrected chi connectivity index (χ4v) is 3.42. The monoisotopic (exact) mass is 331 g/mol. The second kappa shape index (κ2) is 6.83. The fourth-order valence-electron chi connectivity index (χ4n) is 2.40. The summed E-state index contributed by atoms with van der Waals surface area (Å²) in [4.78, 5) is 4.05. The van der Waals surface area contributed by atoms with E-state index in [0.717, 1.165) is 11.4 Å². The number of rotatable bonds is 4. The van der Waals surface area contributed by atoms with E-state index in [9.17, 15) is 8.42 Å². The number of benzene rings is 1. The van der Waals surface area contributed by atoms with Crippen molar-refractivity contribution in [1.29, 1.82) is 0 Å². The lowest BCUT2D eigenvalue weighted by Gasteiger charge is -2.27. The van der Waals surface area contributed by atoms with E-state index >= 15 is 0 Å². The molecule has 0 saturated heterocycles. The second-order valence-corrected chi connectivity index (χ2v) is 7.11. The lowest BCUT2D eigenvalue weighted by molar-refractivity contribution is 0.340. The summed E-state index contributed by atoms with van der Waals surface area (Å²) < 4.78 is 29.1. The van der Waals surface area contributed by atoms with Crippen molar-refractivity contribution in [2.75, 3.05) is 28.2 Å². The molecule has 23 heavy (non-hydrogen) atoms. The molecule has 0 aliphatic heterocycles. The molecule has 0 amide bonds. The van der Waals surface area contributed by atoms with Crippen LogP contribution in [0.1, 0.15) is 0 Å². The molecular formula is C17H21N3O2S. The van der Waals surface area contributed by atoms with E-state index < -0.39 is 10.0 Å². The van der Waals surface area contributed by atoms with Crippen molar-refractivity contribution >= 4 is 15.7 Å². The van der Waals surface area contributed by atoms with Crippen molar-refractivity contribution < 1.29 is 8.42 Å². The minimum absolute atomic E-state index is 0.186. The zero-order valence-electron chi connectivity index (χ0n) is 13.8. The van der Waals surface area contributed by atoms with E-state index in [-0.39, 0.29) is 4.90 Å². The molecule has 1 aromatic carbocycles. The first-order valence-electron chi connectivity index (χ1n) is 7.17. The van der Waals surface area contributed by atoms with Crippen LogP contribution in [0.15, 0.2) is 75.3 Å². The molecule has 5 nitrogen and oxygen atoms in total. The number of hydrogen-bond acceptors (Lipinski definition) is 4. The SMILES string of the molecule is CN(C)C(=C1C=CC=CC1=NS(=O)(=O)c1ccccc1)N(C)C. The van der Waals surface area contributed by atoms with Gasteiger partial charge in [0.05, 0.1) is 10.6 Å². The summed E-state index contributed by atoms with van der Waals surface area (Å²) in [6.45, 7) is 0. The molecule has 0 radical (unpaired) electrons. The maximum Gasteiger partial charge on any atom is 0.282 e. The number of sulfonamides is 1. The highest BCUT2D eigenvalue weighted by atomic mass is 32.2. The standard InChI is InChI=1S/C17H21N3O2S/c1-19(2)17(20(3)4)15-12-8-9-13-16(15)18-23(21,22)14-10-6-5-7-11-14/h5-13H,1-4H3. The van der Waals surface area contributed by atoms with Crippen LogP contribution in [-0.2, 0) is 10.0 Å². The molecule has 1 aliphatic rings. The van der Waals surface area contributed by atoms with Crippen LogP contribution in [0, 0.1) is 0 Å². The van der Waals surface area contributed by atoms with Gasteiger partial charge in [-0.05, 0) is 24.3 Å². The first kappa shape index (κ1) is 17.0. The van der Waals surface area contributed by atoms with Crippen LogP contribution in [0.4, 0.5) is 0 Å². The van der Waals surface area contributed by atoms with Crippen LogP contribution >= 0.6 is 0 Å². The van der Waals surface area contributed by atoms with Gasteiger partial charge in [-0.1, -0.05) is 30.4 Å². The minimum atomic E-state index is -3.75. The molecule has 122 valence electrons. The van der Waals surface area contributed by atoms with Gasteiger partial charge in [-0.15, -0.1) is 0 Å². The van der Waals surface area contributed by atoms with Gasteiger partial charge in [0.25, 0.3) is 10.0 Å². The Hall–Kier alpha value is -2.34. The van der Waals surface area contributed by atoms with Crippen molar-refractivity contribution in [2.24, 2.45) is 4.40 Å². The Kier molecular flexibility index (Phi) is 5.05. The Morgan fingerprint density at radius 1 is 0.913 bits per heavy atom.